The van der Waals surface area contributed by atoms with Crippen molar-refractivity contribution in [1.82, 2.24) is 0 Å². The van der Waals surface area contributed by atoms with Crippen LogP contribution in [0.1, 0.15) is 81.3 Å². The summed E-state index contributed by atoms with van der Waals surface area (Å²) in [5.41, 5.74) is 3.65. The second kappa shape index (κ2) is 10.8. The van der Waals surface area contributed by atoms with Crippen LogP contribution in [0, 0.1) is 0 Å². The number of carbonyl (C=O) groups excluding carboxylic acids is 2. The van der Waals surface area contributed by atoms with Crippen molar-refractivity contribution in [3.63, 3.8) is 0 Å². The van der Waals surface area contributed by atoms with E-state index in [0.29, 0.717) is 29.8 Å². The molecule has 0 spiro atoms. The predicted octanol–water partition coefficient (Wildman–Crippen LogP) is 5.91. The number of hydrogen-bond acceptors (Lipinski definition) is 4. The van der Waals surface area contributed by atoms with Gasteiger partial charge in [0.25, 0.3) is 5.91 Å². The number of hydrogen-bond donors (Lipinski definition) is 1. The smallest absolute Gasteiger partial charge is 0.347 e. The van der Waals surface area contributed by atoms with Crippen molar-refractivity contribution in [1.29, 1.82) is 0 Å². The molecule has 0 saturated carbocycles. The zero-order chi connectivity index (χ0) is 22.3. The number of ether oxygens (including phenoxy) is 2. The Balaban J connectivity index is 2.13. The number of anilines is 1. The van der Waals surface area contributed by atoms with Crippen molar-refractivity contribution in [2.45, 2.75) is 65.9 Å². The van der Waals surface area contributed by atoms with E-state index < -0.39 is 12.1 Å². The summed E-state index contributed by atoms with van der Waals surface area (Å²) in [6, 6.07) is 12.9. The molecule has 30 heavy (non-hydrogen) atoms. The third-order valence-corrected chi connectivity index (χ3v) is 4.82. The monoisotopic (exact) mass is 411 g/mol. The number of benzene rings is 2. The van der Waals surface area contributed by atoms with Crippen LogP contribution in [0.2, 0.25) is 0 Å². The van der Waals surface area contributed by atoms with Crippen molar-refractivity contribution in [3.8, 4) is 5.75 Å². The molecule has 1 unspecified atom stereocenters. The van der Waals surface area contributed by atoms with Gasteiger partial charge >= 0.3 is 5.97 Å². The fourth-order valence-electron chi connectivity index (χ4n) is 3.14. The molecule has 1 amide bonds. The normalized spacial score (nSPS) is 12.0. The van der Waals surface area contributed by atoms with Crippen LogP contribution in [-0.2, 0) is 9.53 Å². The topological polar surface area (TPSA) is 64.6 Å². The van der Waals surface area contributed by atoms with E-state index in [1.807, 2.05) is 13.0 Å². The van der Waals surface area contributed by atoms with Gasteiger partial charge in [-0.2, -0.15) is 0 Å². The summed E-state index contributed by atoms with van der Waals surface area (Å²) in [6.07, 6.45) is 0.0588. The molecule has 0 aromatic heterocycles. The Bertz CT molecular complexity index is 830. The molecule has 0 saturated heterocycles. The first-order valence-electron chi connectivity index (χ1n) is 10.6. The SMILES string of the molecule is CCCOC(=O)C(C)Oc1ccc(C(=O)Nc2c(C(C)C)cccc2C(C)C)cc1. The summed E-state index contributed by atoms with van der Waals surface area (Å²) >= 11 is 0. The average molecular weight is 412 g/mol. The number of esters is 1. The molecule has 0 aliphatic carbocycles. The minimum Gasteiger partial charge on any atom is -0.479 e. The lowest BCUT2D eigenvalue weighted by Gasteiger charge is -2.20. The largest absolute Gasteiger partial charge is 0.479 e. The van der Waals surface area contributed by atoms with Crippen molar-refractivity contribution in [2.24, 2.45) is 0 Å². The third kappa shape index (κ3) is 6.09. The first-order valence-corrected chi connectivity index (χ1v) is 10.6. The van der Waals surface area contributed by atoms with Crippen LogP contribution < -0.4 is 10.1 Å². The quantitative estimate of drug-likeness (QED) is 0.521. The van der Waals surface area contributed by atoms with Gasteiger partial charge in [0.1, 0.15) is 5.75 Å². The van der Waals surface area contributed by atoms with E-state index in [9.17, 15) is 9.59 Å². The molecule has 1 atom stereocenters. The molecule has 1 N–H and O–H groups in total. The fourth-order valence-corrected chi connectivity index (χ4v) is 3.14. The molecule has 2 aromatic carbocycles. The Morgan fingerprint density at radius 3 is 1.97 bits per heavy atom. The number of amides is 1. The Morgan fingerprint density at radius 2 is 1.47 bits per heavy atom. The lowest BCUT2D eigenvalue weighted by atomic mass is 9.92. The average Bonchev–Trinajstić information content (AvgIpc) is 2.72. The summed E-state index contributed by atoms with van der Waals surface area (Å²) in [4.78, 5) is 24.7. The highest BCUT2D eigenvalue weighted by atomic mass is 16.6. The summed E-state index contributed by atoms with van der Waals surface area (Å²) in [5.74, 6) is 0.530. The van der Waals surface area contributed by atoms with E-state index in [1.165, 1.54) is 0 Å². The standard InChI is InChI=1S/C25H33NO4/c1-7-15-29-25(28)18(6)30-20-13-11-19(12-14-20)24(27)26-23-21(16(2)3)9-8-10-22(23)17(4)5/h8-14,16-18H,7,15H2,1-6H3,(H,26,27). The van der Waals surface area contributed by atoms with Gasteiger partial charge in [-0.15, -0.1) is 0 Å². The number of rotatable bonds is 9. The van der Waals surface area contributed by atoms with Gasteiger partial charge < -0.3 is 14.8 Å². The van der Waals surface area contributed by atoms with Crippen LogP contribution in [0.15, 0.2) is 42.5 Å². The molecular formula is C25H33NO4. The molecular weight excluding hydrogens is 378 g/mol. The van der Waals surface area contributed by atoms with Gasteiger partial charge in [-0.05, 0) is 60.6 Å². The van der Waals surface area contributed by atoms with Crippen LogP contribution in [0.5, 0.6) is 5.75 Å². The van der Waals surface area contributed by atoms with E-state index in [-0.39, 0.29) is 5.91 Å². The Morgan fingerprint density at radius 1 is 0.900 bits per heavy atom. The van der Waals surface area contributed by atoms with E-state index in [1.54, 1.807) is 31.2 Å². The van der Waals surface area contributed by atoms with Gasteiger partial charge in [-0.1, -0.05) is 52.8 Å². The zero-order valence-electron chi connectivity index (χ0n) is 18.8. The number of nitrogens with one attached hydrogen (secondary N) is 1. The van der Waals surface area contributed by atoms with E-state index in [2.05, 4.69) is 45.1 Å². The maximum atomic E-state index is 12.9. The Hall–Kier alpha value is -2.82. The molecule has 0 aliphatic rings. The Kier molecular flexibility index (Phi) is 8.46. The molecule has 0 aliphatic heterocycles. The van der Waals surface area contributed by atoms with Crippen LogP contribution in [0.3, 0.4) is 0 Å². The zero-order valence-corrected chi connectivity index (χ0v) is 18.8. The lowest BCUT2D eigenvalue weighted by molar-refractivity contribution is -0.151. The second-order valence-corrected chi connectivity index (χ2v) is 8.03. The number of carbonyl (C=O) groups is 2. The molecule has 5 heteroatoms. The summed E-state index contributed by atoms with van der Waals surface area (Å²) in [7, 11) is 0. The third-order valence-electron chi connectivity index (χ3n) is 4.82. The molecule has 2 aromatic rings. The maximum absolute atomic E-state index is 12.9. The minimum atomic E-state index is -0.706. The van der Waals surface area contributed by atoms with Gasteiger partial charge in [-0.25, -0.2) is 4.79 Å². The van der Waals surface area contributed by atoms with Crippen LogP contribution in [-0.4, -0.2) is 24.6 Å². The van der Waals surface area contributed by atoms with E-state index >= 15 is 0 Å². The highest BCUT2D eigenvalue weighted by Gasteiger charge is 2.18. The van der Waals surface area contributed by atoms with Gasteiger partial charge in [0, 0.05) is 11.3 Å². The predicted molar refractivity (Wildman–Crippen MR) is 120 cm³/mol. The van der Waals surface area contributed by atoms with Crippen LogP contribution in [0.25, 0.3) is 0 Å². The molecule has 0 fully saturated rings. The fraction of sp³-hybridized carbons (Fsp3) is 0.440. The first-order chi connectivity index (χ1) is 14.2. The molecule has 0 radical (unpaired) electrons. The van der Waals surface area contributed by atoms with Crippen molar-refractivity contribution in [3.05, 3.63) is 59.2 Å². The molecule has 2 rings (SSSR count). The molecule has 162 valence electrons. The number of para-hydroxylation sites is 1. The van der Waals surface area contributed by atoms with Gasteiger partial charge in [0.05, 0.1) is 6.61 Å². The Labute approximate surface area is 179 Å². The summed E-state index contributed by atoms with van der Waals surface area (Å²) < 4.78 is 10.7. The lowest BCUT2D eigenvalue weighted by Crippen LogP contribution is -2.26. The van der Waals surface area contributed by atoms with E-state index in [4.69, 9.17) is 9.47 Å². The molecule has 0 heterocycles. The molecule has 5 nitrogen and oxygen atoms in total. The highest BCUT2D eigenvalue weighted by molar-refractivity contribution is 6.05. The second-order valence-electron chi connectivity index (χ2n) is 8.03. The van der Waals surface area contributed by atoms with Gasteiger partial charge in [0.15, 0.2) is 6.10 Å². The van der Waals surface area contributed by atoms with Gasteiger partial charge in [-0.3, -0.25) is 4.79 Å². The van der Waals surface area contributed by atoms with Crippen molar-refractivity contribution in [2.75, 3.05) is 11.9 Å². The van der Waals surface area contributed by atoms with Crippen molar-refractivity contribution >= 4 is 17.6 Å². The summed E-state index contributed by atoms with van der Waals surface area (Å²) in [5, 5.41) is 3.11. The maximum Gasteiger partial charge on any atom is 0.347 e. The van der Waals surface area contributed by atoms with Crippen LogP contribution in [0.4, 0.5) is 5.69 Å². The van der Waals surface area contributed by atoms with Crippen LogP contribution >= 0.6 is 0 Å². The molecule has 0 bridgehead atoms. The van der Waals surface area contributed by atoms with Crippen molar-refractivity contribution < 1.29 is 19.1 Å². The summed E-state index contributed by atoms with van der Waals surface area (Å²) in [6.45, 7) is 12.4. The highest BCUT2D eigenvalue weighted by Crippen LogP contribution is 2.32. The first kappa shape index (κ1) is 23.5. The minimum absolute atomic E-state index is 0.174. The van der Waals surface area contributed by atoms with Gasteiger partial charge in [0.2, 0.25) is 0 Å². The van der Waals surface area contributed by atoms with E-state index in [0.717, 1.165) is 23.2 Å².